The standard InChI is InChI=1S/C26H27N5O3/c32-25(28-14-10-21-8-5-17-34-21)20-11-15-30(16-12-20)24-26(33)31(18-19-6-2-1-3-7-19)23-22(29-24)9-4-13-27-23/h1-9,13,17,20H,10-12,14-16,18H2,(H,28,32). The predicted octanol–water partition coefficient (Wildman–Crippen LogP) is 3.01. The van der Waals surface area contributed by atoms with Crippen LogP contribution in [0.25, 0.3) is 11.2 Å². The fourth-order valence-corrected chi connectivity index (χ4v) is 4.44. The average molecular weight is 458 g/mol. The minimum absolute atomic E-state index is 0.0587. The Bertz CT molecular complexity index is 1310. The fraction of sp³-hybridized carbons (Fsp3) is 0.308. The molecule has 0 aliphatic carbocycles. The lowest BCUT2D eigenvalue weighted by Gasteiger charge is -2.32. The third-order valence-corrected chi connectivity index (χ3v) is 6.28. The highest BCUT2D eigenvalue weighted by Crippen LogP contribution is 2.22. The summed E-state index contributed by atoms with van der Waals surface area (Å²) in [5.74, 6) is 1.27. The highest BCUT2D eigenvalue weighted by Gasteiger charge is 2.27. The van der Waals surface area contributed by atoms with E-state index in [1.165, 1.54) is 0 Å². The highest BCUT2D eigenvalue weighted by molar-refractivity contribution is 5.79. The van der Waals surface area contributed by atoms with Crippen molar-refractivity contribution in [3.63, 3.8) is 0 Å². The zero-order chi connectivity index (χ0) is 23.3. The zero-order valence-corrected chi connectivity index (χ0v) is 18.9. The van der Waals surface area contributed by atoms with Gasteiger partial charge in [-0.25, -0.2) is 9.97 Å². The van der Waals surface area contributed by atoms with Crippen LogP contribution in [0.5, 0.6) is 0 Å². The summed E-state index contributed by atoms with van der Waals surface area (Å²) in [6.45, 7) is 2.19. The number of hydrogen-bond acceptors (Lipinski definition) is 6. The molecule has 1 saturated heterocycles. The van der Waals surface area contributed by atoms with Crippen molar-refractivity contribution in [2.75, 3.05) is 24.5 Å². The van der Waals surface area contributed by atoms with Crippen LogP contribution in [0.3, 0.4) is 0 Å². The molecule has 1 aliphatic rings. The largest absolute Gasteiger partial charge is 0.469 e. The van der Waals surface area contributed by atoms with Gasteiger partial charge >= 0.3 is 0 Å². The Morgan fingerprint density at radius 3 is 2.65 bits per heavy atom. The van der Waals surface area contributed by atoms with Crippen molar-refractivity contribution in [2.24, 2.45) is 5.92 Å². The number of anilines is 1. The van der Waals surface area contributed by atoms with E-state index in [0.29, 0.717) is 62.4 Å². The molecule has 34 heavy (non-hydrogen) atoms. The molecule has 0 spiro atoms. The molecule has 1 aliphatic heterocycles. The zero-order valence-electron chi connectivity index (χ0n) is 18.9. The van der Waals surface area contributed by atoms with Crippen LogP contribution in [0.4, 0.5) is 5.82 Å². The maximum Gasteiger partial charge on any atom is 0.295 e. The van der Waals surface area contributed by atoms with E-state index in [0.717, 1.165) is 11.3 Å². The van der Waals surface area contributed by atoms with Gasteiger partial charge in [-0.3, -0.25) is 14.2 Å². The third kappa shape index (κ3) is 4.71. The molecule has 0 bridgehead atoms. The number of piperidine rings is 1. The van der Waals surface area contributed by atoms with E-state index < -0.39 is 0 Å². The van der Waals surface area contributed by atoms with Crippen molar-refractivity contribution in [3.8, 4) is 0 Å². The maximum absolute atomic E-state index is 13.5. The Labute approximate surface area is 197 Å². The Hall–Kier alpha value is -3.94. The molecule has 1 fully saturated rings. The third-order valence-electron chi connectivity index (χ3n) is 6.28. The van der Waals surface area contributed by atoms with Crippen molar-refractivity contribution in [3.05, 3.63) is 88.7 Å². The Morgan fingerprint density at radius 1 is 1.06 bits per heavy atom. The van der Waals surface area contributed by atoms with Crippen molar-refractivity contribution in [1.82, 2.24) is 19.9 Å². The average Bonchev–Trinajstić information content (AvgIpc) is 3.40. The van der Waals surface area contributed by atoms with Gasteiger partial charge in [-0.1, -0.05) is 30.3 Å². The molecule has 0 unspecified atom stereocenters. The first kappa shape index (κ1) is 21.9. The number of hydrogen-bond donors (Lipinski definition) is 1. The fourth-order valence-electron chi connectivity index (χ4n) is 4.44. The lowest BCUT2D eigenvalue weighted by atomic mass is 9.96. The topological polar surface area (TPSA) is 93.3 Å². The minimum Gasteiger partial charge on any atom is -0.469 e. The van der Waals surface area contributed by atoms with Gasteiger partial charge < -0.3 is 14.6 Å². The van der Waals surface area contributed by atoms with Crippen LogP contribution in [0.15, 0.2) is 76.3 Å². The molecule has 4 heterocycles. The number of amides is 1. The van der Waals surface area contributed by atoms with Crippen molar-refractivity contribution < 1.29 is 9.21 Å². The number of fused-ring (bicyclic) bond motifs is 1. The molecule has 0 radical (unpaired) electrons. The summed E-state index contributed by atoms with van der Waals surface area (Å²) in [6.07, 6.45) is 5.35. The molecule has 3 aromatic heterocycles. The minimum atomic E-state index is -0.156. The van der Waals surface area contributed by atoms with Crippen LogP contribution >= 0.6 is 0 Å². The molecule has 4 aromatic rings. The Balaban J connectivity index is 1.29. The van der Waals surface area contributed by atoms with Gasteiger partial charge in [0.2, 0.25) is 5.91 Å². The van der Waals surface area contributed by atoms with Gasteiger partial charge in [0.1, 0.15) is 11.3 Å². The summed E-state index contributed by atoms with van der Waals surface area (Å²) < 4.78 is 7.01. The Kier molecular flexibility index (Phi) is 6.38. The lowest BCUT2D eigenvalue weighted by molar-refractivity contribution is -0.125. The van der Waals surface area contributed by atoms with Crippen LogP contribution in [0.2, 0.25) is 0 Å². The molecule has 1 aromatic carbocycles. The molecule has 5 rings (SSSR count). The van der Waals surface area contributed by atoms with Gasteiger partial charge in [-0.2, -0.15) is 0 Å². The molecule has 174 valence electrons. The van der Waals surface area contributed by atoms with Crippen LogP contribution in [-0.4, -0.2) is 40.1 Å². The van der Waals surface area contributed by atoms with Crippen LogP contribution in [-0.2, 0) is 17.8 Å². The van der Waals surface area contributed by atoms with Gasteiger partial charge in [-0.15, -0.1) is 0 Å². The van der Waals surface area contributed by atoms with E-state index in [2.05, 4.69) is 15.3 Å². The number of nitrogens with one attached hydrogen (secondary N) is 1. The highest BCUT2D eigenvalue weighted by atomic mass is 16.3. The monoisotopic (exact) mass is 457 g/mol. The molecule has 1 amide bonds. The van der Waals surface area contributed by atoms with E-state index in [9.17, 15) is 9.59 Å². The Morgan fingerprint density at radius 2 is 1.88 bits per heavy atom. The van der Waals surface area contributed by atoms with Gasteiger partial charge in [0.15, 0.2) is 11.5 Å². The molecule has 0 atom stereocenters. The normalized spacial score (nSPS) is 14.4. The first-order valence-electron chi connectivity index (χ1n) is 11.6. The predicted molar refractivity (Wildman–Crippen MR) is 130 cm³/mol. The van der Waals surface area contributed by atoms with E-state index in [4.69, 9.17) is 4.42 Å². The number of carbonyl (C=O) groups excluding carboxylic acids is 1. The molecule has 1 N–H and O–H groups in total. The number of aromatic nitrogens is 3. The molecule has 0 saturated carbocycles. The summed E-state index contributed by atoms with van der Waals surface area (Å²) >= 11 is 0. The van der Waals surface area contributed by atoms with Crippen LogP contribution < -0.4 is 15.8 Å². The van der Waals surface area contributed by atoms with Gasteiger partial charge in [0.25, 0.3) is 5.56 Å². The molecule has 8 nitrogen and oxygen atoms in total. The lowest BCUT2D eigenvalue weighted by Crippen LogP contribution is -2.43. The first-order valence-corrected chi connectivity index (χ1v) is 11.6. The van der Waals surface area contributed by atoms with Crippen LogP contribution in [0, 0.1) is 5.92 Å². The van der Waals surface area contributed by atoms with E-state index in [1.807, 2.05) is 59.5 Å². The molecular formula is C26H27N5O3. The first-order chi connectivity index (χ1) is 16.7. The summed E-state index contributed by atoms with van der Waals surface area (Å²) in [6, 6.07) is 17.3. The van der Waals surface area contributed by atoms with Gasteiger partial charge in [-0.05, 0) is 42.7 Å². The number of furan rings is 1. The number of pyridine rings is 1. The van der Waals surface area contributed by atoms with Crippen molar-refractivity contribution >= 4 is 22.9 Å². The quantitative estimate of drug-likeness (QED) is 0.459. The second-order valence-corrected chi connectivity index (χ2v) is 8.54. The summed E-state index contributed by atoms with van der Waals surface area (Å²) in [5, 5.41) is 3.01. The molecule has 8 heteroatoms. The van der Waals surface area contributed by atoms with Gasteiger partial charge in [0, 0.05) is 38.2 Å². The number of benzene rings is 1. The summed E-state index contributed by atoms with van der Waals surface area (Å²) in [4.78, 5) is 37.2. The van der Waals surface area contributed by atoms with E-state index >= 15 is 0 Å². The van der Waals surface area contributed by atoms with E-state index in [1.54, 1.807) is 17.0 Å². The smallest absolute Gasteiger partial charge is 0.295 e. The number of carbonyl (C=O) groups is 1. The maximum atomic E-state index is 13.5. The SMILES string of the molecule is O=C(NCCc1ccco1)C1CCN(c2nc3cccnc3n(Cc3ccccc3)c2=O)CC1. The summed E-state index contributed by atoms with van der Waals surface area (Å²) in [5.41, 5.74) is 2.13. The van der Waals surface area contributed by atoms with Crippen molar-refractivity contribution in [2.45, 2.75) is 25.8 Å². The second-order valence-electron chi connectivity index (χ2n) is 8.54. The van der Waals surface area contributed by atoms with Crippen LogP contribution in [0.1, 0.15) is 24.2 Å². The molecular weight excluding hydrogens is 430 g/mol. The van der Waals surface area contributed by atoms with Gasteiger partial charge in [0.05, 0.1) is 12.8 Å². The summed E-state index contributed by atoms with van der Waals surface area (Å²) in [7, 11) is 0. The van der Waals surface area contributed by atoms with Crippen molar-refractivity contribution in [1.29, 1.82) is 0 Å². The number of nitrogens with zero attached hydrogens (tertiary/aromatic N) is 4. The number of rotatable bonds is 7. The second kappa shape index (κ2) is 9.91. The van der Waals surface area contributed by atoms with E-state index in [-0.39, 0.29) is 17.4 Å².